The highest BCUT2D eigenvalue weighted by molar-refractivity contribution is 4.94. The SMILES string of the molecule is CN1CCCC2CN(CCC(C)(CO)NC3CC3)CCC21. The first-order valence-electron chi connectivity index (χ1n) is 8.91. The number of aliphatic hydroxyl groups excluding tert-OH is 1. The molecule has 2 saturated heterocycles. The lowest BCUT2D eigenvalue weighted by atomic mass is 9.84. The topological polar surface area (TPSA) is 38.7 Å². The Morgan fingerprint density at radius 2 is 2.00 bits per heavy atom. The van der Waals surface area contributed by atoms with Crippen LogP contribution >= 0.6 is 0 Å². The van der Waals surface area contributed by atoms with Crippen molar-refractivity contribution in [1.29, 1.82) is 0 Å². The Morgan fingerprint density at radius 1 is 1.19 bits per heavy atom. The van der Waals surface area contributed by atoms with Crippen LogP contribution in [0.5, 0.6) is 0 Å². The number of aliphatic hydroxyl groups is 1. The van der Waals surface area contributed by atoms with Crippen molar-refractivity contribution < 1.29 is 5.11 Å². The van der Waals surface area contributed by atoms with Crippen molar-refractivity contribution >= 4 is 0 Å². The van der Waals surface area contributed by atoms with Crippen molar-refractivity contribution in [3.63, 3.8) is 0 Å². The van der Waals surface area contributed by atoms with E-state index in [1.54, 1.807) is 0 Å². The quantitative estimate of drug-likeness (QED) is 0.775. The number of rotatable bonds is 6. The molecule has 0 aromatic carbocycles. The van der Waals surface area contributed by atoms with Crippen LogP contribution in [0.2, 0.25) is 0 Å². The fourth-order valence-corrected chi connectivity index (χ4v) is 4.25. The maximum atomic E-state index is 9.73. The third-order valence-electron chi connectivity index (χ3n) is 5.89. The van der Waals surface area contributed by atoms with E-state index < -0.39 is 0 Å². The molecule has 4 nitrogen and oxygen atoms in total. The Hall–Kier alpha value is -0.160. The first-order valence-corrected chi connectivity index (χ1v) is 8.91. The minimum absolute atomic E-state index is 0.0820. The number of hydrogen-bond donors (Lipinski definition) is 2. The highest BCUT2D eigenvalue weighted by Gasteiger charge is 2.36. The van der Waals surface area contributed by atoms with Crippen LogP contribution in [0.3, 0.4) is 0 Å². The zero-order valence-corrected chi connectivity index (χ0v) is 13.9. The molecule has 1 aliphatic carbocycles. The zero-order chi connectivity index (χ0) is 14.9. The van der Waals surface area contributed by atoms with Crippen LogP contribution in [0.4, 0.5) is 0 Å². The first-order chi connectivity index (χ1) is 10.1. The molecule has 2 N–H and O–H groups in total. The molecule has 122 valence electrons. The third kappa shape index (κ3) is 3.98. The summed E-state index contributed by atoms with van der Waals surface area (Å²) in [6.45, 7) is 7.35. The molecular weight excluding hydrogens is 262 g/mol. The summed E-state index contributed by atoms with van der Waals surface area (Å²) in [6.07, 6.45) is 7.73. The maximum Gasteiger partial charge on any atom is 0.0611 e. The molecule has 0 spiro atoms. The van der Waals surface area contributed by atoms with Gasteiger partial charge >= 0.3 is 0 Å². The van der Waals surface area contributed by atoms with Crippen molar-refractivity contribution in [2.24, 2.45) is 5.92 Å². The van der Waals surface area contributed by atoms with Crippen LogP contribution in [0.1, 0.15) is 45.4 Å². The van der Waals surface area contributed by atoms with Crippen LogP contribution in [0.25, 0.3) is 0 Å². The van der Waals surface area contributed by atoms with Crippen molar-refractivity contribution in [2.45, 2.75) is 63.1 Å². The first kappa shape index (κ1) is 15.7. The van der Waals surface area contributed by atoms with E-state index in [1.807, 2.05) is 0 Å². The molecule has 0 aromatic heterocycles. The molecule has 3 fully saturated rings. The molecule has 4 heteroatoms. The van der Waals surface area contributed by atoms with E-state index in [2.05, 4.69) is 29.1 Å². The van der Waals surface area contributed by atoms with Gasteiger partial charge in [-0.05, 0) is 78.0 Å². The average molecular weight is 295 g/mol. The van der Waals surface area contributed by atoms with Gasteiger partial charge in [-0.25, -0.2) is 0 Å². The summed E-state index contributed by atoms with van der Waals surface area (Å²) < 4.78 is 0. The van der Waals surface area contributed by atoms with Crippen molar-refractivity contribution in [2.75, 3.05) is 39.8 Å². The van der Waals surface area contributed by atoms with Gasteiger partial charge in [0.25, 0.3) is 0 Å². The second kappa shape index (κ2) is 6.53. The number of hydrogen-bond acceptors (Lipinski definition) is 4. The van der Waals surface area contributed by atoms with Gasteiger partial charge in [-0.15, -0.1) is 0 Å². The van der Waals surface area contributed by atoms with Gasteiger partial charge in [-0.2, -0.15) is 0 Å². The summed E-state index contributed by atoms with van der Waals surface area (Å²) in [5.74, 6) is 0.870. The van der Waals surface area contributed by atoms with Crippen molar-refractivity contribution in [3.8, 4) is 0 Å². The van der Waals surface area contributed by atoms with Gasteiger partial charge in [-0.3, -0.25) is 0 Å². The van der Waals surface area contributed by atoms with E-state index >= 15 is 0 Å². The summed E-state index contributed by atoms with van der Waals surface area (Å²) in [5.41, 5.74) is -0.0820. The fraction of sp³-hybridized carbons (Fsp3) is 1.00. The second-order valence-electron chi connectivity index (χ2n) is 7.93. The molecule has 1 saturated carbocycles. The predicted octanol–water partition coefficient (Wildman–Crippen LogP) is 1.30. The Morgan fingerprint density at radius 3 is 2.71 bits per heavy atom. The highest BCUT2D eigenvalue weighted by Crippen LogP contribution is 2.30. The zero-order valence-electron chi connectivity index (χ0n) is 13.9. The van der Waals surface area contributed by atoms with Crippen molar-refractivity contribution in [1.82, 2.24) is 15.1 Å². The normalized spacial score (nSPS) is 34.4. The van der Waals surface area contributed by atoms with Gasteiger partial charge in [0.05, 0.1) is 6.61 Å². The summed E-state index contributed by atoms with van der Waals surface area (Å²) in [7, 11) is 2.30. The lowest BCUT2D eigenvalue weighted by Crippen LogP contribution is -2.54. The Labute approximate surface area is 129 Å². The largest absolute Gasteiger partial charge is 0.394 e. The number of fused-ring (bicyclic) bond motifs is 1. The molecule has 0 bridgehead atoms. The summed E-state index contributed by atoms with van der Waals surface area (Å²) in [4.78, 5) is 5.22. The van der Waals surface area contributed by atoms with Crippen LogP contribution in [0, 0.1) is 5.92 Å². The van der Waals surface area contributed by atoms with E-state index in [1.165, 1.54) is 51.7 Å². The summed E-state index contributed by atoms with van der Waals surface area (Å²) in [5, 5.41) is 13.4. The number of nitrogens with one attached hydrogen (secondary N) is 1. The molecule has 3 atom stereocenters. The van der Waals surface area contributed by atoms with Gasteiger partial charge in [-0.1, -0.05) is 0 Å². The average Bonchev–Trinajstić information content (AvgIpc) is 3.29. The standard InChI is InChI=1S/C17H33N3O/c1-17(13-21,18-15-5-6-15)8-11-20-10-7-16-14(12-20)4-3-9-19(16)2/h14-16,18,21H,3-13H2,1-2H3. The Bertz CT molecular complexity index is 347. The summed E-state index contributed by atoms with van der Waals surface area (Å²) >= 11 is 0. The van der Waals surface area contributed by atoms with Crippen LogP contribution in [-0.2, 0) is 0 Å². The molecule has 3 unspecified atom stereocenters. The van der Waals surface area contributed by atoms with Crippen LogP contribution in [-0.4, -0.2) is 72.4 Å². The molecule has 2 aliphatic heterocycles. The molecule has 0 aromatic rings. The lowest BCUT2D eigenvalue weighted by molar-refractivity contribution is 0.0327. The maximum absolute atomic E-state index is 9.73. The molecular formula is C17H33N3O. The third-order valence-corrected chi connectivity index (χ3v) is 5.89. The number of nitrogens with zero attached hydrogens (tertiary/aromatic N) is 2. The van der Waals surface area contributed by atoms with E-state index in [0.717, 1.165) is 24.9 Å². The molecule has 0 radical (unpaired) electrons. The predicted molar refractivity (Wildman–Crippen MR) is 86.5 cm³/mol. The molecule has 3 rings (SSSR count). The number of likely N-dealkylation sites (tertiary alicyclic amines) is 2. The van der Waals surface area contributed by atoms with E-state index in [9.17, 15) is 5.11 Å². The molecule has 3 aliphatic rings. The molecule has 2 heterocycles. The molecule has 21 heavy (non-hydrogen) atoms. The highest BCUT2D eigenvalue weighted by atomic mass is 16.3. The minimum atomic E-state index is -0.0820. The van der Waals surface area contributed by atoms with Crippen LogP contribution < -0.4 is 5.32 Å². The second-order valence-corrected chi connectivity index (χ2v) is 7.93. The van der Waals surface area contributed by atoms with Crippen LogP contribution in [0.15, 0.2) is 0 Å². The van der Waals surface area contributed by atoms with Gasteiger partial charge < -0.3 is 20.2 Å². The van der Waals surface area contributed by atoms with Crippen molar-refractivity contribution in [3.05, 3.63) is 0 Å². The minimum Gasteiger partial charge on any atom is -0.394 e. The van der Waals surface area contributed by atoms with Gasteiger partial charge in [0.2, 0.25) is 0 Å². The summed E-state index contributed by atoms with van der Waals surface area (Å²) in [6, 6.07) is 1.49. The van der Waals surface area contributed by atoms with E-state index in [-0.39, 0.29) is 12.1 Å². The number of piperidine rings is 2. The van der Waals surface area contributed by atoms with Gasteiger partial charge in [0.15, 0.2) is 0 Å². The van der Waals surface area contributed by atoms with E-state index in [4.69, 9.17) is 0 Å². The molecule has 0 amide bonds. The monoisotopic (exact) mass is 295 g/mol. The Kier molecular flexibility index (Phi) is 4.89. The fourth-order valence-electron chi connectivity index (χ4n) is 4.25. The van der Waals surface area contributed by atoms with Gasteiger partial charge in [0.1, 0.15) is 0 Å². The Balaban J connectivity index is 1.47. The smallest absolute Gasteiger partial charge is 0.0611 e. The lowest BCUT2D eigenvalue weighted by Gasteiger charge is -2.46. The van der Waals surface area contributed by atoms with Gasteiger partial charge in [0, 0.05) is 24.2 Å². The van der Waals surface area contributed by atoms with E-state index in [0.29, 0.717) is 6.04 Å².